The van der Waals surface area contributed by atoms with Crippen LogP contribution in [0.2, 0.25) is 10.0 Å². The molecular weight excluding hydrogens is 475 g/mol. The Morgan fingerprint density at radius 3 is 2.55 bits per heavy atom. The number of rotatable bonds is 6. The zero-order chi connectivity index (χ0) is 23.5. The Bertz CT molecular complexity index is 1140. The van der Waals surface area contributed by atoms with Crippen LogP contribution < -0.4 is 0 Å². The second kappa shape index (κ2) is 10.5. The van der Waals surface area contributed by atoms with E-state index in [9.17, 15) is 4.79 Å². The van der Waals surface area contributed by atoms with E-state index in [4.69, 9.17) is 23.2 Å². The number of piperidine rings is 1. The Kier molecular flexibility index (Phi) is 7.67. The molecule has 174 valence electrons. The van der Waals surface area contributed by atoms with Gasteiger partial charge in [-0.15, -0.1) is 10.2 Å². The SMILES string of the molecule is CC1CCN(C(=O)CSc2nnc(-c3ccc(Cl)cc3Cl)n2-c2ccccc2C(C)C)CC1. The number of likely N-dealkylation sites (tertiary alicyclic amines) is 1. The fourth-order valence-corrected chi connectivity index (χ4v) is 5.42. The van der Waals surface area contributed by atoms with Gasteiger partial charge in [-0.3, -0.25) is 9.36 Å². The van der Waals surface area contributed by atoms with Gasteiger partial charge in [-0.2, -0.15) is 0 Å². The van der Waals surface area contributed by atoms with Crippen LogP contribution in [-0.4, -0.2) is 44.4 Å². The second-order valence-electron chi connectivity index (χ2n) is 8.83. The number of carbonyl (C=O) groups is 1. The number of amides is 1. The molecule has 1 aliphatic heterocycles. The molecule has 0 unspecified atom stereocenters. The average molecular weight is 503 g/mol. The minimum absolute atomic E-state index is 0.143. The molecule has 1 amide bonds. The molecule has 0 radical (unpaired) electrons. The number of nitrogens with zero attached hydrogens (tertiary/aromatic N) is 4. The van der Waals surface area contributed by atoms with E-state index in [1.54, 1.807) is 12.1 Å². The number of halogens is 2. The highest BCUT2D eigenvalue weighted by Crippen LogP contribution is 2.35. The van der Waals surface area contributed by atoms with E-state index in [0.717, 1.165) is 37.2 Å². The molecule has 0 atom stereocenters. The summed E-state index contributed by atoms with van der Waals surface area (Å²) in [6, 6.07) is 13.6. The topological polar surface area (TPSA) is 51.0 Å². The van der Waals surface area contributed by atoms with Crippen LogP contribution in [0.3, 0.4) is 0 Å². The van der Waals surface area contributed by atoms with Crippen molar-refractivity contribution in [2.45, 2.75) is 44.7 Å². The van der Waals surface area contributed by atoms with E-state index in [1.165, 1.54) is 17.3 Å². The summed E-state index contributed by atoms with van der Waals surface area (Å²) in [7, 11) is 0. The van der Waals surface area contributed by atoms with Crippen LogP contribution in [0.5, 0.6) is 0 Å². The second-order valence-corrected chi connectivity index (χ2v) is 10.6. The average Bonchev–Trinajstić information content (AvgIpc) is 3.21. The van der Waals surface area contributed by atoms with Crippen molar-refractivity contribution in [3.63, 3.8) is 0 Å². The molecule has 0 N–H and O–H groups in total. The smallest absolute Gasteiger partial charge is 0.233 e. The van der Waals surface area contributed by atoms with E-state index < -0.39 is 0 Å². The molecule has 3 aromatic rings. The van der Waals surface area contributed by atoms with Gasteiger partial charge in [0.05, 0.1) is 16.5 Å². The summed E-state index contributed by atoms with van der Waals surface area (Å²) in [5, 5.41) is 10.7. The third-order valence-corrected chi connectivity index (χ3v) is 7.53. The number of aromatic nitrogens is 3. The summed E-state index contributed by atoms with van der Waals surface area (Å²) in [5.41, 5.74) is 2.90. The Morgan fingerprint density at radius 2 is 1.85 bits per heavy atom. The molecule has 4 rings (SSSR count). The van der Waals surface area contributed by atoms with Crippen LogP contribution >= 0.6 is 35.0 Å². The van der Waals surface area contributed by atoms with Crippen LogP contribution in [0.4, 0.5) is 0 Å². The summed E-state index contributed by atoms with van der Waals surface area (Å²) < 4.78 is 2.01. The van der Waals surface area contributed by atoms with Gasteiger partial charge >= 0.3 is 0 Å². The number of hydrogen-bond donors (Lipinski definition) is 0. The lowest BCUT2D eigenvalue weighted by atomic mass is 9.99. The Balaban J connectivity index is 1.71. The summed E-state index contributed by atoms with van der Waals surface area (Å²) in [5.74, 6) is 2.08. The van der Waals surface area contributed by atoms with Crippen molar-refractivity contribution in [2.75, 3.05) is 18.8 Å². The Labute approximate surface area is 209 Å². The Hall–Kier alpha value is -2.02. The van der Waals surface area contributed by atoms with Gasteiger partial charge in [0.25, 0.3) is 0 Å². The molecule has 2 heterocycles. The van der Waals surface area contributed by atoms with E-state index in [0.29, 0.717) is 38.6 Å². The standard InChI is InChI=1S/C25H28Cl2N4OS/c1-16(2)19-6-4-5-7-22(19)31-24(20-9-8-18(26)14-21(20)27)28-29-25(31)33-15-23(32)30-12-10-17(3)11-13-30/h4-9,14,16-17H,10-13,15H2,1-3H3. The number of carbonyl (C=O) groups excluding carboxylic acids is 1. The van der Waals surface area contributed by atoms with Crippen LogP contribution in [0.1, 0.15) is 45.1 Å². The third-order valence-electron chi connectivity index (χ3n) is 6.07. The first-order chi connectivity index (χ1) is 15.8. The maximum atomic E-state index is 12.9. The first-order valence-electron chi connectivity index (χ1n) is 11.3. The van der Waals surface area contributed by atoms with Crippen molar-refractivity contribution in [1.82, 2.24) is 19.7 Å². The van der Waals surface area contributed by atoms with Gasteiger partial charge < -0.3 is 4.90 Å². The molecular formula is C25H28Cl2N4OS. The molecule has 1 saturated heterocycles. The molecule has 0 spiro atoms. The molecule has 1 aliphatic rings. The fourth-order valence-electron chi connectivity index (χ4n) is 4.08. The van der Waals surface area contributed by atoms with E-state index in [1.807, 2.05) is 27.7 Å². The van der Waals surface area contributed by atoms with Gasteiger partial charge in [-0.1, -0.05) is 73.9 Å². The first-order valence-corrected chi connectivity index (χ1v) is 13.0. The molecule has 0 saturated carbocycles. The maximum absolute atomic E-state index is 12.9. The van der Waals surface area contributed by atoms with Crippen molar-refractivity contribution < 1.29 is 4.79 Å². The maximum Gasteiger partial charge on any atom is 0.233 e. The summed E-state index contributed by atoms with van der Waals surface area (Å²) in [6.45, 7) is 8.22. The van der Waals surface area contributed by atoms with Gasteiger partial charge in [0.1, 0.15) is 0 Å². The number of benzene rings is 2. The van der Waals surface area contributed by atoms with E-state index >= 15 is 0 Å². The van der Waals surface area contributed by atoms with Crippen LogP contribution in [0.25, 0.3) is 17.1 Å². The number of para-hydroxylation sites is 1. The molecule has 33 heavy (non-hydrogen) atoms. The van der Waals surface area contributed by atoms with Crippen molar-refractivity contribution in [3.8, 4) is 17.1 Å². The van der Waals surface area contributed by atoms with Crippen molar-refractivity contribution >= 4 is 40.9 Å². The molecule has 5 nitrogen and oxygen atoms in total. The molecule has 1 aromatic heterocycles. The lowest BCUT2D eigenvalue weighted by Gasteiger charge is -2.30. The first kappa shape index (κ1) is 24.1. The lowest BCUT2D eigenvalue weighted by Crippen LogP contribution is -2.38. The molecule has 2 aromatic carbocycles. The fraction of sp³-hybridized carbons (Fsp3) is 0.400. The molecule has 8 heteroatoms. The van der Waals surface area contributed by atoms with Crippen molar-refractivity contribution in [3.05, 3.63) is 58.1 Å². The van der Waals surface area contributed by atoms with Crippen LogP contribution in [0, 0.1) is 5.92 Å². The normalized spacial score (nSPS) is 14.8. The zero-order valence-electron chi connectivity index (χ0n) is 19.1. The Morgan fingerprint density at radius 1 is 1.12 bits per heavy atom. The summed E-state index contributed by atoms with van der Waals surface area (Å²) in [6.07, 6.45) is 2.13. The lowest BCUT2D eigenvalue weighted by molar-refractivity contribution is -0.129. The third kappa shape index (κ3) is 5.39. The van der Waals surface area contributed by atoms with Gasteiger partial charge in [0.2, 0.25) is 5.91 Å². The van der Waals surface area contributed by atoms with Gasteiger partial charge in [0.15, 0.2) is 11.0 Å². The van der Waals surface area contributed by atoms with Gasteiger partial charge in [0, 0.05) is 23.7 Å². The van der Waals surface area contributed by atoms with Crippen LogP contribution in [0.15, 0.2) is 47.6 Å². The van der Waals surface area contributed by atoms with E-state index in [2.05, 4.69) is 43.1 Å². The summed E-state index contributed by atoms with van der Waals surface area (Å²) >= 11 is 14.1. The highest BCUT2D eigenvalue weighted by molar-refractivity contribution is 7.99. The predicted octanol–water partition coefficient (Wildman–Crippen LogP) is 6.72. The van der Waals surface area contributed by atoms with Crippen LogP contribution in [-0.2, 0) is 4.79 Å². The molecule has 0 aliphatic carbocycles. The monoisotopic (exact) mass is 502 g/mol. The predicted molar refractivity (Wildman–Crippen MR) is 137 cm³/mol. The van der Waals surface area contributed by atoms with Gasteiger partial charge in [-0.05, 0) is 54.5 Å². The van der Waals surface area contributed by atoms with Crippen molar-refractivity contribution in [2.24, 2.45) is 5.92 Å². The van der Waals surface area contributed by atoms with Gasteiger partial charge in [-0.25, -0.2) is 0 Å². The highest BCUT2D eigenvalue weighted by Gasteiger charge is 2.24. The number of hydrogen-bond acceptors (Lipinski definition) is 4. The minimum atomic E-state index is 0.143. The largest absolute Gasteiger partial charge is 0.342 e. The summed E-state index contributed by atoms with van der Waals surface area (Å²) in [4.78, 5) is 14.8. The molecule has 1 fully saturated rings. The highest BCUT2D eigenvalue weighted by atomic mass is 35.5. The zero-order valence-corrected chi connectivity index (χ0v) is 21.4. The molecule has 0 bridgehead atoms. The number of thioether (sulfide) groups is 1. The minimum Gasteiger partial charge on any atom is -0.342 e. The quantitative estimate of drug-likeness (QED) is 0.351. The van der Waals surface area contributed by atoms with E-state index in [-0.39, 0.29) is 5.91 Å². The van der Waals surface area contributed by atoms with Crippen molar-refractivity contribution in [1.29, 1.82) is 0 Å².